The first kappa shape index (κ1) is 55.2. The highest BCUT2D eigenvalue weighted by molar-refractivity contribution is 7.95. The highest BCUT2D eigenvalue weighted by Gasteiger charge is 2.42. The molecule has 1 saturated heterocycles. The van der Waals surface area contributed by atoms with Crippen LogP contribution in [-0.4, -0.2) is 46.8 Å². The number of nitro groups is 1. The zero-order valence-corrected chi connectivity index (χ0v) is 44.4. The van der Waals surface area contributed by atoms with E-state index in [1.54, 1.807) is 96.2 Å². The monoisotopic (exact) mass is 1110 g/mol. The van der Waals surface area contributed by atoms with Crippen molar-refractivity contribution in [3.05, 3.63) is 240 Å². The van der Waals surface area contributed by atoms with Crippen molar-refractivity contribution in [3.8, 4) is 22.8 Å². The van der Waals surface area contributed by atoms with Crippen LogP contribution in [0, 0.1) is 22.0 Å². The molecule has 5 aromatic carbocycles. The number of carbonyl (C=O) groups is 2. The van der Waals surface area contributed by atoms with Crippen LogP contribution < -0.4 is 15.5 Å². The molecule has 394 valence electrons. The van der Waals surface area contributed by atoms with Crippen molar-refractivity contribution in [2.45, 2.75) is 43.8 Å². The number of piperidine rings is 1. The molecule has 77 heavy (non-hydrogen) atoms. The van der Waals surface area contributed by atoms with E-state index in [9.17, 15) is 38.3 Å². The number of Topliss-reactive ketones (excluding diaryl/α,β-unsaturated/α-hetero) is 1. The third kappa shape index (κ3) is 13.0. The molecule has 0 radical (unpaired) electrons. The Hall–Kier alpha value is -7.99. The van der Waals surface area contributed by atoms with Crippen molar-refractivity contribution in [2.75, 3.05) is 11.4 Å². The van der Waals surface area contributed by atoms with Gasteiger partial charge in [0.15, 0.2) is 5.76 Å². The third-order valence-corrected chi connectivity index (χ3v) is 15.5. The van der Waals surface area contributed by atoms with E-state index in [-0.39, 0.29) is 56.3 Å². The smallest absolute Gasteiger partial charge is 0.433 e. The lowest BCUT2D eigenvalue weighted by molar-refractivity contribution is -0.402. The van der Waals surface area contributed by atoms with Crippen LogP contribution in [-0.2, 0) is 27.6 Å². The van der Waals surface area contributed by atoms with E-state index >= 15 is 0 Å². The molecule has 19 heteroatoms. The number of aromatic nitrogens is 1. The number of nitrogens with zero attached hydrogens (tertiary/aromatic N) is 3. The Morgan fingerprint density at radius 1 is 0.818 bits per heavy atom. The molecule has 8 aromatic rings. The molecule has 0 aliphatic carbocycles. The van der Waals surface area contributed by atoms with E-state index in [4.69, 9.17) is 43.6 Å². The predicted octanol–water partition coefficient (Wildman–Crippen LogP) is 13.1. The molecular weight excluding hydrogens is 1070 g/mol. The van der Waals surface area contributed by atoms with Crippen molar-refractivity contribution < 1.29 is 42.0 Å². The van der Waals surface area contributed by atoms with Gasteiger partial charge in [0, 0.05) is 98.6 Å². The van der Waals surface area contributed by atoms with Crippen LogP contribution >= 0.6 is 34.8 Å². The molecular formula is C58H50Cl3N5O10S. The van der Waals surface area contributed by atoms with Gasteiger partial charge in [0.1, 0.15) is 33.7 Å². The lowest BCUT2D eigenvalue weighted by atomic mass is 9.76. The standard InChI is InChI=1S/C26H21ClN2O3S.C19H19Cl2NO3.C13H10N2O4/c1-19(29-18-20-6-5-15-28-17-20)26(33(30,31)24-7-3-2-4-8-24)16-23-13-14-25(32-23)21-9-11-22(27)12-10-21;1-9-17(13-7-11(20)3-5-15(13)23)22-18(10(2)19(9)25)14-8-12(21)4-6-16(14)24;16-13(11-5-6-12(19-11)15(17)18)14-8-7-9-3-1-2-4-10(9)14/h2-17,29H,1,18H2;3-10,17-18,22-24H,1-2H3;1-6H,7-8H2/b26-16-;;. The van der Waals surface area contributed by atoms with E-state index in [0.717, 1.165) is 28.8 Å². The number of pyridine rings is 1. The van der Waals surface area contributed by atoms with E-state index in [2.05, 4.69) is 22.2 Å². The van der Waals surface area contributed by atoms with Crippen LogP contribution in [0.4, 0.5) is 11.6 Å². The van der Waals surface area contributed by atoms with Gasteiger partial charge in [-0.2, -0.15) is 0 Å². The summed E-state index contributed by atoms with van der Waals surface area (Å²) in [6, 6.07) is 41.5. The first-order chi connectivity index (χ1) is 36.9. The fraction of sp³-hybridized carbons (Fsp3) is 0.155. The number of anilines is 1. The number of benzene rings is 5. The molecule has 15 nitrogen and oxygen atoms in total. The maximum absolute atomic E-state index is 13.5. The normalized spacial score (nSPS) is 17.0. The van der Waals surface area contributed by atoms with Crippen LogP contribution in [0.2, 0.25) is 15.1 Å². The Balaban J connectivity index is 0.000000159. The summed E-state index contributed by atoms with van der Waals surface area (Å²) >= 11 is 18.1. The Bertz CT molecular complexity index is 3530. The number of phenols is 2. The number of furan rings is 2. The molecule has 2 aliphatic rings. The molecule has 1 fully saturated rings. The number of sulfone groups is 1. The number of rotatable bonds is 12. The van der Waals surface area contributed by atoms with Gasteiger partial charge < -0.3 is 34.6 Å². The van der Waals surface area contributed by atoms with Gasteiger partial charge in [-0.3, -0.25) is 24.7 Å². The molecule has 4 unspecified atom stereocenters. The molecule has 2 aliphatic heterocycles. The number of carbonyl (C=O) groups excluding carboxylic acids is 2. The molecule has 0 saturated carbocycles. The molecule has 3 aromatic heterocycles. The second-order valence-corrected chi connectivity index (χ2v) is 21.2. The van der Waals surface area contributed by atoms with E-state index in [1.807, 2.05) is 62.4 Å². The number of ketones is 1. The number of aromatic hydroxyl groups is 2. The fourth-order valence-electron chi connectivity index (χ4n) is 8.90. The quantitative estimate of drug-likeness (QED) is 0.0509. The minimum atomic E-state index is -3.86. The number of fused-ring (bicyclic) bond motifs is 1. The highest BCUT2D eigenvalue weighted by Crippen LogP contribution is 2.44. The van der Waals surface area contributed by atoms with Gasteiger partial charge in [-0.15, -0.1) is 0 Å². The zero-order valence-electron chi connectivity index (χ0n) is 41.3. The Labute approximate surface area is 459 Å². The number of para-hydroxylation sites is 1. The van der Waals surface area contributed by atoms with Crippen molar-refractivity contribution in [1.82, 2.24) is 15.6 Å². The average molecular weight is 1120 g/mol. The van der Waals surface area contributed by atoms with Crippen LogP contribution in [0.15, 0.2) is 195 Å². The van der Waals surface area contributed by atoms with Gasteiger partial charge in [0.05, 0.1) is 15.9 Å². The maximum atomic E-state index is 13.5. The molecule has 4 atom stereocenters. The number of halogens is 3. The predicted molar refractivity (Wildman–Crippen MR) is 296 cm³/mol. The summed E-state index contributed by atoms with van der Waals surface area (Å²) in [5.41, 5.74) is 5.05. The number of nitrogens with one attached hydrogen (secondary N) is 2. The summed E-state index contributed by atoms with van der Waals surface area (Å²) < 4.78 is 37.8. The Morgan fingerprint density at radius 2 is 1.44 bits per heavy atom. The first-order valence-corrected chi connectivity index (χ1v) is 26.6. The maximum Gasteiger partial charge on any atom is 0.433 e. The lowest BCUT2D eigenvalue weighted by Gasteiger charge is -2.40. The fourth-order valence-corrected chi connectivity index (χ4v) is 10.8. The first-order valence-electron chi connectivity index (χ1n) is 24.0. The zero-order chi connectivity index (χ0) is 55.0. The number of phenolic OH excluding ortho intramolecular Hbond substituents is 2. The van der Waals surface area contributed by atoms with Crippen LogP contribution in [0.3, 0.4) is 0 Å². The van der Waals surface area contributed by atoms with E-state index in [0.29, 0.717) is 50.8 Å². The van der Waals surface area contributed by atoms with Gasteiger partial charge >= 0.3 is 5.88 Å². The molecule has 1 amide bonds. The summed E-state index contributed by atoms with van der Waals surface area (Å²) in [5.74, 6) is -0.295. The molecule has 0 bridgehead atoms. The van der Waals surface area contributed by atoms with Crippen molar-refractivity contribution >= 4 is 74.0 Å². The van der Waals surface area contributed by atoms with Gasteiger partial charge in [0.2, 0.25) is 9.84 Å². The van der Waals surface area contributed by atoms with Crippen LogP contribution in [0.5, 0.6) is 11.5 Å². The Morgan fingerprint density at radius 3 is 2.05 bits per heavy atom. The summed E-state index contributed by atoms with van der Waals surface area (Å²) in [5, 5.41) is 39.1. The third-order valence-electron chi connectivity index (χ3n) is 12.9. The summed E-state index contributed by atoms with van der Waals surface area (Å²) in [4.78, 5) is 40.8. The van der Waals surface area contributed by atoms with Gasteiger partial charge in [-0.25, -0.2) is 8.42 Å². The van der Waals surface area contributed by atoms with Crippen LogP contribution in [0.25, 0.3) is 17.4 Å². The van der Waals surface area contributed by atoms with Crippen molar-refractivity contribution in [1.29, 1.82) is 0 Å². The SMILES string of the molecule is C=C(NCc1cccnc1)/C(=C/c1ccc(-c2ccc(Cl)cc2)o1)S(=O)(=O)c1ccccc1.CC1C(=O)C(C)C(c2cc(Cl)ccc2O)NC1c1cc(Cl)ccc1O.O=C(c1ccc([N+](=O)[O-])o1)N1CCc2ccccc21. The van der Waals surface area contributed by atoms with E-state index < -0.39 is 32.7 Å². The van der Waals surface area contributed by atoms with Crippen LogP contribution in [0.1, 0.15) is 64.5 Å². The largest absolute Gasteiger partial charge is 0.508 e. The summed E-state index contributed by atoms with van der Waals surface area (Å²) in [6.45, 7) is 8.59. The average Bonchev–Trinajstić information content (AvgIpc) is 4.23. The second kappa shape index (κ2) is 24.3. The van der Waals surface area contributed by atoms with Gasteiger partial charge in [-0.1, -0.05) is 97.7 Å². The minimum absolute atomic E-state index is 0.0107. The summed E-state index contributed by atoms with van der Waals surface area (Å²) in [7, 11) is -3.86. The minimum Gasteiger partial charge on any atom is -0.508 e. The van der Waals surface area contributed by atoms with Gasteiger partial charge in [-0.05, 0) is 121 Å². The molecule has 4 N–H and O–H groups in total. The highest BCUT2D eigenvalue weighted by atomic mass is 35.5. The number of hydrogen-bond donors (Lipinski definition) is 4. The van der Waals surface area contributed by atoms with Crippen molar-refractivity contribution in [2.24, 2.45) is 11.8 Å². The number of hydrogen-bond acceptors (Lipinski definition) is 13. The van der Waals surface area contributed by atoms with Crippen molar-refractivity contribution in [3.63, 3.8) is 0 Å². The van der Waals surface area contributed by atoms with Gasteiger partial charge in [0.25, 0.3) is 5.91 Å². The Kier molecular flexibility index (Phi) is 17.5. The molecule has 0 spiro atoms. The molecule has 10 rings (SSSR count). The van der Waals surface area contributed by atoms with E-state index in [1.165, 1.54) is 30.3 Å². The topological polar surface area (TPSA) is 218 Å². The molecule has 5 heterocycles. The number of amides is 1. The second-order valence-electron chi connectivity index (χ2n) is 18.0. The lowest BCUT2D eigenvalue weighted by Crippen LogP contribution is -2.46. The summed E-state index contributed by atoms with van der Waals surface area (Å²) in [6.07, 6.45) is 5.66.